The van der Waals surface area contributed by atoms with Gasteiger partial charge in [0.05, 0.1) is 11.2 Å². The lowest BCUT2D eigenvalue weighted by molar-refractivity contribution is -0.0982. The topological polar surface area (TPSA) is 52.9 Å². The van der Waals surface area contributed by atoms with E-state index in [-0.39, 0.29) is 0 Å². The van der Waals surface area contributed by atoms with E-state index >= 15 is 0 Å². The molecule has 0 amide bonds. The molecule has 0 aliphatic carbocycles. The van der Waals surface area contributed by atoms with Gasteiger partial charge in [-0.25, -0.2) is 4.39 Å². The third-order valence-corrected chi connectivity index (χ3v) is 4.85. The van der Waals surface area contributed by atoms with Crippen LogP contribution < -0.4 is 5.46 Å². The summed E-state index contributed by atoms with van der Waals surface area (Å²) in [4.78, 5) is 2.28. The van der Waals surface area contributed by atoms with E-state index in [9.17, 15) is 14.5 Å². The Morgan fingerprint density at radius 3 is 2.39 bits per heavy atom. The largest absolute Gasteiger partial charge is 0.492 e. The summed E-state index contributed by atoms with van der Waals surface area (Å²) in [5.74, 6) is -0.408. The maximum Gasteiger partial charge on any atom is 0.492 e. The Kier molecular flexibility index (Phi) is 5.51. The van der Waals surface area contributed by atoms with Gasteiger partial charge in [-0.2, -0.15) is 0 Å². The molecule has 0 aromatic heterocycles. The first-order valence-electron chi connectivity index (χ1n) is 8.19. The lowest BCUT2D eigenvalue weighted by Gasteiger charge is -2.38. The number of halogens is 1. The van der Waals surface area contributed by atoms with Crippen molar-refractivity contribution in [2.45, 2.75) is 58.3 Å². The van der Waals surface area contributed by atoms with Crippen molar-refractivity contribution in [2.24, 2.45) is 0 Å². The number of likely N-dealkylation sites (tertiary alicyclic amines) is 1. The predicted octanol–water partition coefficient (Wildman–Crippen LogP) is 1.68. The van der Waals surface area contributed by atoms with E-state index in [2.05, 4.69) is 4.90 Å². The summed E-state index contributed by atoms with van der Waals surface area (Å²) >= 11 is 0. The quantitative estimate of drug-likeness (QED) is 0.782. The average molecular weight is 323 g/mol. The third kappa shape index (κ3) is 4.54. The van der Waals surface area contributed by atoms with Gasteiger partial charge in [0.2, 0.25) is 0 Å². The van der Waals surface area contributed by atoms with Gasteiger partial charge < -0.3 is 14.8 Å². The SMILES string of the molecule is CC(C)(O)C(C)(C)OB(O)c1cc(F)ccc1CN1CCCC1. The molecule has 1 fully saturated rings. The summed E-state index contributed by atoms with van der Waals surface area (Å²) in [6, 6.07) is 4.42. The molecule has 1 heterocycles. The monoisotopic (exact) mass is 323 g/mol. The molecule has 0 spiro atoms. The van der Waals surface area contributed by atoms with Gasteiger partial charge in [0.15, 0.2) is 0 Å². The molecule has 23 heavy (non-hydrogen) atoms. The molecule has 1 aliphatic heterocycles. The summed E-state index contributed by atoms with van der Waals surface area (Å²) < 4.78 is 19.3. The highest BCUT2D eigenvalue weighted by molar-refractivity contribution is 6.60. The van der Waals surface area contributed by atoms with Crippen LogP contribution in [0.2, 0.25) is 0 Å². The molecular formula is C17H27BFNO3. The Morgan fingerprint density at radius 1 is 1.22 bits per heavy atom. The molecule has 1 aromatic carbocycles. The molecule has 1 aliphatic rings. The molecule has 1 aromatic rings. The molecular weight excluding hydrogens is 296 g/mol. The molecule has 0 bridgehead atoms. The fourth-order valence-corrected chi connectivity index (χ4v) is 2.61. The highest BCUT2D eigenvalue weighted by atomic mass is 19.1. The van der Waals surface area contributed by atoms with Gasteiger partial charge in [0.25, 0.3) is 0 Å². The van der Waals surface area contributed by atoms with Crippen molar-refractivity contribution in [3.8, 4) is 0 Å². The molecule has 0 saturated carbocycles. The van der Waals surface area contributed by atoms with Crippen LogP contribution in [0.5, 0.6) is 0 Å². The number of aliphatic hydroxyl groups is 1. The van der Waals surface area contributed by atoms with Crippen molar-refractivity contribution < 1.29 is 19.2 Å². The Bertz CT molecular complexity index is 539. The zero-order chi connectivity index (χ0) is 17.3. The first kappa shape index (κ1) is 18.4. The normalized spacial score (nSPS) is 16.8. The fourth-order valence-electron chi connectivity index (χ4n) is 2.61. The molecule has 128 valence electrons. The van der Waals surface area contributed by atoms with E-state index in [0.29, 0.717) is 12.0 Å². The van der Waals surface area contributed by atoms with Crippen molar-refractivity contribution in [2.75, 3.05) is 13.1 Å². The van der Waals surface area contributed by atoms with Crippen LogP contribution in [0.1, 0.15) is 46.1 Å². The minimum atomic E-state index is -1.29. The number of nitrogens with zero attached hydrogens (tertiary/aromatic N) is 1. The second-order valence-corrected chi connectivity index (χ2v) is 7.37. The van der Waals surface area contributed by atoms with E-state index in [1.165, 1.54) is 25.0 Å². The number of benzene rings is 1. The second-order valence-electron chi connectivity index (χ2n) is 7.37. The number of hydrogen-bond donors (Lipinski definition) is 2. The Hall–Kier alpha value is -0.945. The highest BCUT2D eigenvalue weighted by Crippen LogP contribution is 2.25. The summed E-state index contributed by atoms with van der Waals surface area (Å²) in [5, 5.41) is 20.7. The molecule has 6 heteroatoms. The molecule has 1 saturated heterocycles. The van der Waals surface area contributed by atoms with Crippen molar-refractivity contribution in [1.82, 2.24) is 4.90 Å². The summed E-state index contributed by atoms with van der Waals surface area (Å²) in [7, 11) is -1.29. The van der Waals surface area contributed by atoms with Crippen LogP contribution in [0, 0.1) is 5.82 Å². The molecule has 0 unspecified atom stereocenters. The van der Waals surface area contributed by atoms with Crippen LogP contribution in [0.3, 0.4) is 0 Å². The van der Waals surface area contributed by atoms with Gasteiger partial charge in [-0.1, -0.05) is 6.07 Å². The minimum Gasteiger partial charge on any atom is -0.423 e. The van der Waals surface area contributed by atoms with Gasteiger partial charge in [-0.3, -0.25) is 4.90 Å². The van der Waals surface area contributed by atoms with E-state index < -0.39 is 24.1 Å². The molecule has 0 atom stereocenters. The second kappa shape index (κ2) is 6.89. The standard InChI is InChI=1S/C17H27BFNO3/c1-16(2,21)17(3,4)23-18(22)15-11-14(19)8-7-13(15)12-20-9-5-6-10-20/h7-8,11,21-22H,5-6,9-10,12H2,1-4H3. The van der Waals surface area contributed by atoms with Crippen molar-refractivity contribution in [3.05, 3.63) is 29.6 Å². The summed E-state index contributed by atoms with van der Waals surface area (Å²) in [6.07, 6.45) is 2.34. The first-order chi connectivity index (χ1) is 10.6. The van der Waals surface area contributed by atoms with Crippen LogP contribution in [0.25, 0.3) is 0 Å². The van der Waals surface area contributed by atoms with E-state index in [1.54, 1.807) is 33.8 Å². The average Bonchev–Trinajstić information content (AvgIpc) is 2.92. The van der Waals surface area contributed by atoms with Gasteiger partial charge in [0, 0.05) is 6.54 Å². The number of rotatable bonds is 6. The smallest absolute Gasteiger partial charge is 0.423 e. The lowest BCUT2D eigenvalue weighted by Crippen LogP contribution is -2.53. The maximum absolute atomic E-state index is 13.7. The van der Waals surface area contributed by atoms with E-state index in [0.717, 1.165) is 18.7 Å². The van der Waals surface area contributed by atoms with E-state index in [1.807, 2.05) is 0 Å². The third-order valence-electron chi connectivity index (χ3n) is 4.85. The van der Waals surface area contributed by atoms with Gasteiger partial charge in [-0.15, -0.1) is 0 Å². The Balaban J connectivity index is 2.21. The van der Waals surface area contributed by atoms with Gasteiger partial charge in [0.1, 0.15) is 5.82 Å². The summed E-state index contributed by atoms with van der Waals surface area (Å²) in [6.45, 7) is 9.35. The predicted molar refractivity (Wildman–Crippen MR) is 90.0 cm³/mol. The zero-order valence-electron chi connectivity index (χ0n) is 14.5. The maximum atomic E-state index is 13.7. The number of hydrogen-bond acceptors (Lipinski definition) is 4. The van der Waals surface area contributed by atoms with E-state index in [4.69, 9.17) is 4.65 Å². The minimum absolute atomic E-state index is 0.408. The molecule has 2 rings (SSSR count). The van der Waals surface area contributed by atoms with Crippen LogP contribution in [0.4, 0.5) is 4.39 Å². The molecule has 4 nitrogen and oxygen atoms in total. The lowest BCUT2D eigenvalue weighted by atomic mass is 9.74. The molecule has 2 N–H and O–H groups in total. The van der Waals surface area contributed by atoms with Crippen LogP contribution in [-0.4, -0.2) is 46.4 Å². The summed E-state index contributed by atoms with van der Waals surface area (Å²) in [5.41, 5.74) is -0.846. The molecule has 0 radical (unpaired) electrons. The van der Waals surface area contributed by atoms with Crippen molar-refractivity contribution >= 4 is 12.6 Å². The van der Waals surface area contributed by atoms with Crippen LogP contribution in [0.15, 0.2) is 18.2 Å². The highest BCUT2D eigenvalue weighted by Gasteiger charge is 2.40. The van der Waals surface area contributed by atoms with Crippen molar-refractivity contribution in [3.63, 3.8) is 0 Å². The Morgan fingerprint density at radius 2 is 1.83 bits per heavy atom. The first-order valence-corrected chi connectivity index (χ1v) is 8.19. The van der Waals surface area contributed by atoms with Crippen LogP contribution in [-0.2, 0) is 11.2 Å². The zero-order valence-corrected chi connectivity index (χ0v) is 14.5. The van der Waals surface area contributed by atoms with Crippen molar-refractivity contribution in [1.29, 1.82) is 0 Å². The van der Waals surface area contributed by atoms with Gasteiger partial charge >= 0.3 is 7.12 Å². The van der Waals surface area contributed by atoms with Gasteiger partial charge in [-0.05, 0) is 76.8 Å². The van der Waals surface area contributed by atoms with Crippen LogP contribution >= 0.6 is 0 Å². The fraction of sp³-hybridized carbons (Fsp3) is 0.647. The Labute approximate surface area is 138 Å².